The molecule has 0 aromatic carbocycles. The molecular weight excluding hydrogens is 164 g/mol. The third-order valence-corrected chi connectivity index (χ3v) is 1.48. The van der Waals surface area contributed by atoms with E-state index in [0.717, 1.165) is 11.3 Å². The molecule has 0 atom stereocenters. The molecule has 0 saturated heterocycles. The van der Waals surface area contributed by atoms with Gasteiger partial charge >= 0.3 is 0 Å². The molecule has 1 aromatic heterocycles. The van der Waals surface area contributed by atoms with E-state index in [1.807, 2.05) is 31.2 Å². The molecular formula is C9H10N4. The summed E-state index contributed by atoms with van der Waals surface area (Å²) in [6, 6.07) is 3.87. The molecule has 13 heavy (non-hydrogen) atoms. The Hall–Kier alpha value is -1.80. The first kappa shape index (κ1) is 9.29. The van der Waals surface area contributed by atoms with Gasteiger partial charge in [-0.2, -0.15) is 0 Å². The summed E-state index contributed by atoms with van der Waals surface area (Å²) in [5.74, 6) is 0. The van der Waals surface area contributed by atoms with Crippen LogP contribution in [0.5, 0.6) is 0 Å². The van der Waals surface area contributed by atoms with Crippen LogP contribution in [0.25, 0.3) is 16.5 Å². The summed E-state index contributed by atoms with van der Waals surface area (Å²) in [6.45, 7) is 2.32. The highest BCUT2D eigenvalue weighted by atomic mass is 15.1. The Morgan fingerprint density at radius 2 is 2.54 bits per heavy atom. The van der Waals surface area contributed by atoms with E-state index < -0.39 is 0 Å². The number of aryl methyl sites for hydroxylation is 1. The Bertz CT molecular complexity index is 350. The SMILES string of the molecule is Cc1cc(C=CCN=[N+]=[N-])ccn1. The molecule has 1 aromatic rings. The molecule has 0 aliphatic heterocycles. The van der Waals surface area contributed by atoms with E-state index in [1.165, 1.54) is 0 Å². The molecule has 0 N–H and O–H groups in total. The molecule has 0 bridgehead atoms. The summed E-state index contributed by atoms with van der Waals surface area (Å²) >= 11 is 0. The number of hydrogen-bond donors (Lipinski definition) is 0. The number of aromatic nitrogens is 1. The van der Waals surface area contributed by atoms with E-state index in [0.29, 0.717) is 6.54 Å². The number of azide groups is 1. The zero-order valence-corrected chi connectivity index (χ0v) is 7.38. The Labute approximate surface area is 76.6 Å². The van der Waals surface area contributed by atoms with Crippen molar-refractivity contribution in [3.05, 3.63) is 46.1 Å². The predicted octanol–water partition coefficient (Wildman–Crippen LogP) is 2.71. The van der Waals surface area contributed by atoms with Gasteiger partial charge in [-0.1, -0.05) is 17.3 Å². The van der Waals surface area contributed by atoms with Gasteiger partial charge in [-0.3, -0.25) is 4.98 Å². The first-order valence-electron chi connectivity index (χ1n) is 3.93. The molecule has 0 fully saturated rings. The van der Waals surface area contributed by atoms with Gasteiger partial charge in [0, 0.05) is 23.3 Å². The Morgan fingerprint density at radius 3 is 3.23 bits per heavy atom. The predicted molar refractivity (Wildman–Crippen MR) is 52.0 cm³/mol. The van der Waals surface area contributed by atoms with Gasteiger partial charge in [0.15, 0.2) is 0 Å². The first-order chi connectivity index (χ1) is 6.33. The van der Waals surface area contributed by atoms with Gasteiger partial charge in [0.1, 0.15) is 0 Å². The van der Waals surface area contributed by atoms with Crippen LogP contribution in [-0.2, 0) is 0 Å². The third-order valence-electron chi connectivity index (χ3n) is 1.48. The second-order valence-electron chi connectivity index (χ2n) is 2.55. The second kappa shape index (κ2) is 4.95. The number of nitrogens with zero attached hydrogens (tertiary/aromatic N) is 4. The second-order valence-corrected chi connectivity index (χ2v) is 2.55. The lowest BCUT2D eigenvalue weighted by Gasteiger charge is -1.93. The highest BCUT2D eigenvalue weighted by Gasteiger charge is 1.86. The van der Waals surface area contributed by atoms with Crippen LogP contribution in [-0.4, -0.2) is 11.5 Å². The largest absolute Gasteiger partial charge is 0.262 e. The number of pyridine rings is 1. The molecule has 0 radical (unpaired) electrons. The van der Waals surface area contributed by atoms with Gasteiger partial charge in [-0.15, -0.1) is 0 Å². The molecule has 0 aliphatic carbocycles. The van der Waals surface area contributed by atoms with E-state index in [-0.39, 0.29) is 0 Å². The van der Waals surface area contributed by atoms with Crippen LogP contribution >= 0.6 is 0 Å². The Morgan fingerprint density at radius 1 is 1.69 bits per heavy atom. The van der Waals surface area contributed by atoms with Crippen molar-refractivity contribution >= 4 is 6.08 Å². The highest BCUT2D eigenvalue weighted by molar-refractivity contribution is 5.49. The zero-order chi connectivity index (χ0) is 9.52. The Balaban J connectivity index is 2.63. The lowest BCUT2D eigenvalue weighted by atomic mass is 10.2. The van der Waals surface area contributed by atoms with E-state index >= 15 is 0 Å². The van der Waals surface area contributed by atoms with Crippen molar-refractivity contribution < 1.29 is 0 Å². The molecule has 4 heteroatoms. The average molecular weight is 174 g/mol. The van der Waals surface area contributed by atoms with E-state index in [1.54, 1.807) is 6.20 Å². The molecule has 0 unspecified atom stereocenters. The summed E-state index contributed by atoms with van der Waals surface area (Å²) in [7, 11) is 0. The van der Waals surface area contributed by atoms with Gasteiger partial charge in [0.05, 0.1) is 0 Å². The van der Waals surface area contributed by atoms with Crippen molar-refractivity contribution in [3.63, 3.8) is 0 Å². The summed E-state index contributed by atoms with van der Waals surface area (Å²) in [5, 5.41) is 3.39. The summed E-state index contributed by atoms with van der Waals surface area (Å²) in [4.78, 5) is 6.71. The van der Waals surface area contributed by atoms with Crippen LogP contribution in [0.4, 0.5) is 0 Å². The highest BCUT2D eigenvalue weighted by Crippen LogP contribution is 2.02. The molecule has 0 saturated carbocycles. The molecule has 66 valence electrons. The standard InChI is InChI=1S/C9H10N4/c1-8-7-9(4-6-11-8)3-2-5-12-13-10/h2-4,6-7H,5H2,1H3. The monoisotopic (exact) mass is 174 g/mol. The number of rotatable bonds is 3. The van der Waals surface area contributed by atoms with Gasteiger partial charge in [0.25, 0.3) is 0 Å². The minimum absolute atomic E-state index is 0.387. The fraction of sp³-hybridized carbons (Fsp3) is 0.222. The topological polar surface area (TPSA) is 61.7 Å². The van der Waals surface area contributed by atoms with Crippen molar-refractivity contribution in [2.75, 3.05) is 6.54 Å². The van der Waals surface area contributed by atoms with Crippen molar-refractivity contribution in [2.45, 2.75) is 6.92 Å². The quantitative estimate of drug-likeness (QED) is 0.394. The maximum Gasteiger partial charge on any atom is 0.0443 e. The lowest BCUT2D eigenvalue weighted by Crippen LogP contribution is -1.80. The van der Waals surface area contributed by atoms with Crippen LogP contribution < -0.4 is 0 Å². The smallest absolute Gasteiger partial charge is 0.0443 e. The van der Waals surface area contributed by atoms with Crippen LogP contribution in [0.1, 0.15) is 11.3 Å². The third kappa shape index (κ3) is 3.40. The van der Waals surface area contributed by atoms with Crippen LogP contribution in [0.15, 0.2) is 29.5 Å². The van der Waals surface area contributed by atoms with Crippen molar-refractivity contribution in [1.82, 2.24) is 4.98 Å². The summed E-state index contributed by atoms with van der Waals surface area (Å²) in [5.41, 5.74) is 10.1. The minimum atomic E-state index is 0.387. The average Bonchev–Trinajstić information content (AvgIpc) is 2.13. The fourth-order valence-corrected chi connectivity index (χ4v) is 0.944. The van der Waals surface area contributed by atoms with Gasteiger partial charge in [-0.05, 0) is 30.2 Å². The molecule has 1 rings (SSSR count). The van der Waals surface area contributed by atoms with Crippen molar-refractivity contribution in [2.24, 2.45) is 5.11 Å². The molecule has 0 aliphatic rings. The van der Waals surface area contributed by atoms with Crippen molar-refractivity contribution in [1.29, 1.82) is 0 Å². The van der Waals surface area contributed by atoms with E-state index in [2.05, 4.69) is 15.0 Å². The molecule has 4 nitrogen and oxygen atoms in total. The maximum atomic E-state index is 8.02. The maximum absolute atomic E-state index is 8.02. The number of hydrogen-bond acceptors (Lipinski definition) is 2. The van der Waals surface area contributed by atoms with E-state index in [9.17, 15) is 0 Å². The molecule has 1 heterocycles. The summed E-state index contributed by atoms with van der Waals surface area (Å²) < 4.78 is 0. The molecule has 0 amide bonds. The van der Waals surface area contributed by atoms with E-state index in [4.69, 9.17) is 5.53 Å². The van der Waals surface area contributed by atoms with Gasteiger partial charge < -0.3 is 0 Å². The summed E-state index contributed by atoms with van der Waals surface area (Å²) in [6.07, 6.45) is 5.47. The fourth-order valence-electron chi connectivity index (χ4n) is 0.944. The van der Waals surface area contributed by atoms with Gasteiger partial charge in [-0.25, -0.2) is 0 Å². The van der Waals surface area contributed by atoms with Crippen molar-refractivity contribution in [3.8, 4) is 0 Å². The van der Waals surface area contributed by atoms with Crippen LogP contribution in [0.2, 0.25) is 0 Å². The zero-order valence-electron chi connectivity index (χ0n) is 7.38. The lowest BCUT2D eigenvalue weighted by molar-refractivity contribution is 1.19. The van der Waals surface area contributed by atoms with Gasteiger partial charge in [0.2, 0.25) is 0 Å². The minimum Gasteiger partial charge on any atom is -0.262 e. The van der Waals surface area contributed by atoms with Crippen LogP contribution in [0, 0.1) is 6.92 Å². The normalized spacial score (nSPS) is 9.92. The first-order valence-corrected chi connectivity index (χ1v) is 3.93. The van der Waals surface area contributed by atoms with Crippen LogP contribution in [0.3, 0.4) is 0 Å². The Kier molecular flexibility index (Phi) is 3.54. The molecule has 0 spiro atoms.